The fourth-order valence-electron chi connectivity index (χ4n) is 1.51. The molecule has 2 heteroatoms. The molecule has 0 bridgehead atoms. The van der Waals surface area contributed by atoms with Crippen LogP contribution in [0.15, 0.2) is 0 Å². The van der Waals surface area contributed by atoms with Crippen molar-refractivity contribution in [3.8, 4) is 0 Å². The molecule has 1 aliphatic carbocycles. The van der Waals surface area contributed by atoms with Crippen molar-refractivity contribution in [2.45, 2.75) is 46.0 Å². The molecular weight excluding hydrogens is 154 g/mol. The molecule has 0 atom stereocenters. The number of thiocarbonyl (C=S) groups is 1. The van der Waals surface area contributed by atoms with Crippen molar-refractivity contribution < 1.29 is 0 Å². The minimum absolute atomic E-state index is 0.679. The molecule has 1 rings (SSSR count). The molecule has 0 aromatic carbocycles. The van der Waals surface area contributed by atoms with Crippen LogP contribution in [0.4, 0.5) is 0 Å². The van der Waals surface area contributed by atoms with Crippen LogP contribution in [0.2, 0.25) is 0 Å². The molecular formula is C9H17NS. The molecule has 1 aliphatic rings. The van der Waals surface area contributed by atoms with Gasteiger partial charge in [-0.1, -0.05) is 33.1 Å². The van der Waals surface area contributed by atoms with Gasteiger partial charge in [0.05, 0.1) is 5.16 Å². The molecule has 1 N–H and O–H groups in total. The van der Waals surface area contributed by atoms with E-state index in [1.54, 1.807) is 5.16 Å². The van der Waals surface area contributed by atoms with Crippen molar-refractivity contribution in [3.63, 3.8) is 0 Å². The topological polar surface area (TPSA) is 23.9 Å². The predicted octanol–water partition coefficient (Wildman–Crippen LogP) is 3.64. The molecule has 0 aliphatic heterocycles. The molecule has 0 saturated heterocycles. The van der Waals surface area contributed by atoms with Crippen molar-refractivity contribution in [1.29, 1.82) is 5.41 Å². The fourth-order valence-corrected chi connectivity index (χ4v) is 1.51. The van der Waals surface area contributed by atoms with Crippen LogP contribution in [0.5, 0.6) is 0 Å². The van der Waals surface area contributed by atoms with Gasteiger partial charge in [-0.15, -0.1) is 0 Å². The van der Waals surface area contributed by atoms with E-state index in [9.17, 15) is 0 Å². The summed E-state index contributed by atoms with van der Waals surface area (Å²) < 4.78 is 0. The number of nitrogens with one attached hydrogen (secondary N) is 1. The van der Waals surface area contributed by atoms with Crippen molar-refractivity contribution in [3.05, 3.63) is 0 Å². The molecule has 0 amide bonds. The van der Waals surface area contributed by atoms with Crippen LogP contribution in [0.1, 0.15) is 46.0 Å². The monoisotopic (exact) mass is 171 g/mol. The van der Waals surface area contributed by atoms with Crippen LogP contribution in [0.25, 0.3) is 0 Å². The molecule has 11 heavy (non-hydrogen) atoms. The minimum atomic E-state index is 0.679. The van der Waals surface area contributed by atoms with Gasteiger partial charge in [-0.2, -0.15) is 0 Å². The van der Waals surface area contributed by atoms with E-state index in [2.05, 4.69) is 26.1 Å². The molecule has 0 radical (unpaired) electrons. The van der Waals surface area contributed by atoms with Gasteiger partial charge in [-0.25, -0.2) is 5.41 Å². The molecule has 1 saturated carbocycles. The zero-order valence-corrected chi connectivity index (χ0v) is 8.26. The lowest BCUT2D eigenvalue weighted by atomic mass is 9.78. The maximum absolute atomic E-state index is 5.77. The summed E-state index contributed by atoms with van der Waals surface area (Å²) in [4.78, 5) is 0. The Kier molecular flexibility index (Phi) is 5.35. The van der Waals surface area contributed by atoms with Gasteiger partial charge < -0.3 is 0 Å². The van der Waals surface area contributed by atoms with E-state index < -0.39 is 0 Å². The Hall–Kier alpha value is -0.200. The molecule has 0 spiro atoms. The summed E-state index contributed by atoms with van der Waals surface area (Å²) in [6.07, 6.45) is 7.31. The van der Waals surface area contributed by atoms with Crippen molar-refractivity contribution in [2.24, 2.45) is 5.41 Å². The average molecular weight is 171 g/mol. The van der Waals surface area contributed by atoms with Crippen LogP contribution in [0, 0.1) is 10.8 Å². The standard InChI is InChI=1S/C8H16.CHNS/c1-8(2)6-4-3-5-7-8;2-1-3/h3-7H2,1-2H3;2H. The van der Waals surface area contributed by atoms with Crippen molar-refractivity contribution in [2.75, 3.05) is 0 Å². The number of rotatable bonds is 0. The van der Waals surface area contributed by atoms with E-state index >= 15 is 0 Å². The van der Waals surface area contributed by atoms with Crippen molar-refractivity contribution >= 4 is 17.4 Å². The second kappa shape index (κ2) is 5.45. The first kappa shape index (κ1) is 10.8. The lowest BCUT2D eigenvalue weighted by Gasteiger charge is -2.28. The number of hydrogen-bond acceptors (Lipinski definition) is 2. The first-order chi connectivity index (χ1) is 5.12. The second-order valence-corrected chi connectivity index (χ2v) is 4.03. The molecule has 0 unspecified atom stereocenters. The van der Waals surface area contributed by atoms with Gasteiger partial charge >= 0.3 is 0 Å². The van der Waals surface area contributed by atoms with E-state index in [1.165, 1.54) is 32.1 Å². The van der Waals surface area contributed by atoms with Crippen LogP contribution < -0.4 is 0 Å². The third kappa shape index (κ3) is 6.21. The highest BCUT2D eigenvalue weighted by Crippen LogP contribution is 2.34. The predicted molar refractivity (Wildman–Crippen MR) is 52.2 cm³/mol. The third-order valence-electron chi connectivity index (χ3n) is 2.21. The van der Waals surface area contributed by atoms with Gasteiger partial charge in [-0.3, -0.25) is 0 Å². The van der Waals surface area contributed by atoms with Crippen LogP contribution >= 0.6 is 12.2 Å². The Bertz CT molecular complexity index is 126. The smallest absolute Gasteiger partial charge is 0.0554 e. The minimum Gasteiger partial charge on any atom is -0.248 e. The summed E-state index contributed by atoms with van der Waals surface area (Å²) >= 11 is 3.81. The molecule has 0 heterocycles. The summed E-state index contributed by atoms with van der Waals surface area (Å²) in [5, 5.41) is 7.36. The lowest BCUT2D eigenvalue weighted by molar-refractivity contribution is 0.244. The SMILES string of the molecule is CC1(C)CCCCC1.N=C=S. The van der Waals surface area contributed by atoms with Gasteiger partial charge in [0, 0.05) is 0 Å². The van der Waals surface area contributed by atoms with E-state index in [-0.39, 0.29) is 0 Å². The summed E-state index contributed by atoms with van der Waals surface area (Å²) in [6.45, 7) is 4.76. The Morgan fingerprint density at radius 1 is 1.18 bits per heavy atom. The third-order valence-corrected chi connectivity index (χ3v) is 2.21. The first-order valence-corrected chi connectivity index (χ1v) is 4.57. The quantitative estimate of drug-likeness (QED) is 0.436. The normalized spacial score (nSPS) is 20.9. The summed E-state index contributed by atoms with van der Waals surface area (Å²) in [6, 6.07) is 0. The van der Waals surface area contributed by atoms with Gasteiger partial charge in [0.15, 0.2) is 0 Å². The van der Waals surface area contributed by atoms with Crippen LogP contribution in [-0.2, 0) is 0 Å². The summed E-state index contributed by atoms with van der Waals surface area (Å²) in [7, 11) is 0. The molecule has 1 fully saturated rings. The maximum Gasteiger partial charge on any atom is 0.0554 e. The number of isothiocyanates is 1. The highest BCUT2D eigenvalue weighted by Gasteiger charge is 2.19. The average Bonchev–Trinajstić information content (AvgIpc) is 1.88. The Morgan fingerprint density at radius 3 is 1.73 bits per heavy atom. The fraction of sp³-hybridized carbons (Fsp3) is 0.889. The van der Waals surface area contributed by atoms with E-state index in [1.807, 2.05) is 0 Å². The molecule has 1 nitrogen and oxygen atoms in total. The maximum atomic E-state index is 5.77. The zero-order valence-electron chi connectivity index (χ0n) is 7.44. The van der Waals surface area contributed by atoms with E-state index in [0.29, 0.717) is 5.41 Å². The van der Waals surface area contributed by atoms with Crippen molar-refractivity contribution in [1.82, 2.24) is 0 Å². The molecule has 0 aromatic rings. The van der Waals surface area contributed by atoms with Gasteiger partial charge in [-0.05, 0) is 30.5 Å². The highest BCUT2D eigenvalue weighted by molar-refractivity contribution is 7.78. The first-order valence-electron chi connectivity index (χ1n) is 4.16. The summed E-state index contributed by atoms with van der Waals surface area (Å²) in [5.74, 6) is 0. The Labute approximate surface area is 74.7 Å². The van der Waals surface area contributed by atoms with Gasteiger partial charge in [0.1, 0.15) is 0 Å². The highest BCUT2D eigenvalue weighted by atomic mass is 32.1. The number of hydrogen-bond donors (Lipinski definition) is 1. The Balaban J connectivity index is 0.000000292. The van der Waals surface area contributed by atoms with E-state index in [0.717, 1.165) is 0 Å². The van der Waals surface area contributed by atoms with Crippen LogP contribution in [-0.4, -0.2) is 5.16 Å². The molecule has 64 valence electrons. The molecule has 0 aromatic heterocycles. The largest absolute Gasteiger partial charge is 0.248 e. The second-order valence-electron chi connectivity index (χ2n) is 3.83. The van der Waals surface area contributed by atoms with Gasteiger partial charge in [0.25, 0.3) is 0 Å². The van der Waals surface area contributed by atoms with E-state index in [4.69, 9.17) is 5.41 Å². The zero-order chi connectivity index (χ0) is 8.74. The van der Waals surface area contributed by atoms with Gasteiger partial charge in [0.2, 0.25) is 0 Å². The van der Waals surface area contributed by atoms with Crippen LogP contribution in [0.3, 0.4) is 0 Å². The summed E-state index contributed by atoms with van der Waals surface area (Å²) in [5.41, 5.74) is 0.679. The Morgan fingerprint density at radius 2 is 1.55 bits per heavy atom. The lowest BCUT2D eigenvalue weighted by Crippen LogP contribution is -2.14.